The van der Waals surface area contributed by atoms with E-state index in [0.717, 1.165) is 34.7 Å². The molecular formula is C36H34FN3O4. The van der Waals surface area contributed by atoms with E-state index in [4.69, 9.17) is 9.47 Å². The zero-order valence-corrected chi connectivity index (χ0v) is 25.0. The van der Waals surface area contributed by atoms with Crippen molar-refractivity contribution in [2.24, 2.45) is 0 Å². The number of hydrogen-bond acceptors (Lipinski definition) is 5. The van der Waals surface area contributed by atoms with Gasteiger partial charge in [-0.2, -0.15) is 0 Å². The van der Waals surface area contributed by atoms with Gasteiger partial charge < -0.3 is 14.4 Å². The van der Waals surface area contributed by atoms with Gasteiger partial charge in [-0.05, 0) is 84.8 Å². The molecule has 0 aliphatic carbocycles. The molecule has 1 aliphatic heterocycles. The number of ether oxygens (including phenoxy) is 2. The average Bonchev–Trinajstić information content (AvgIpc) is 3.49. The summed E-state index contributed by atoms with van der Waals surface area (Å²) in [6, 6.07) is 24.3. The zero-order chi connectivity index (χ0) is 30.8. The summed E-state index contributed by atoms with van der Waals surface area (Å²) in [5.74, 6) is 0.237. The summed E-state index contributed by atoms with van der Waals surface area (Å²) in [6.45, 7) is 5.32. The molecule has 7 nitrogen and oxygen atoms in total. The van der Waals surface area contributed by atoms with Crippen LogP contribution < -0.4 is 4.74 Å². The first-order valence-electron chi connectivity index (χ1n) is 14.9. The van der Waals surface area contributed by atoms with Crippen molar-refractivity contribution in [1.29, 1.82) is 0 Å². The highest BCUT2D eigenvalue weighted by atomic mass is 19.1. The Hall–Kier alpha value is -4.98. The van der Waals surface area contributed by atoms with Crippen LogP contribution in [-0.4, -0.2) is 53.1 Å². The van der Waals surface area contributed by atoms with Crippen molar-refractivity contribution >= 4 is 22.6 Å². The summed E-state index contributed by atoms with van der Waals surface area (Å²) < 4.78 is 27.7. The molecule has 8 heteroatoms. The molecule has 2 heterocycles. The van der Waals surface area contributed by atoms with E-state index in [0.29, 0.717) is 48.1 Å². The number of carbonyl (C=O) groups excluding carboxylic acids is 2. The molecule has 0 radical (unpaired) electrons. The molecular weight excluding hydrogens is 557 g/mol. The molecule has 0 N–H and O–H groups in total. The Balaban J connectivity index is 1.28. The highest BCUT2D eigenvalue weighted by Crippen LogP contribution is 2.34. The van der Waals surface area contributed by atoms with Crippen molar-refractivity contribution in [1.82, 2.24) is 14.5 Å². The van der Waals surface area contributed by atoms with E-state index in [2.05, 4.69) is 11.1 Å². The number of halogens is 1. The minimum atomic E-state index is -0.403. The molecule has 44 heavy (non-hydrogen) atoms. The normalized spacial score (nSPS) is 13.7. The smallest absolute Gasteiger partial charge is 0.338 e. The van der Waals surface area contributed by atoms with Crippen LogP contribution in [0.4, 0.5) is 4.39 Å². The highest BCUT2D eigenvalue weighted by Gasteiger charge is 2.28. The third-order valence-corrected chi connectivity index (χ3v) is 8.24. The van der Waals surface area contributed by atoms with Gasteiger partial charge in [-0.1, -0.05) is 42.5 Å². The number of nitrogens with zero attached hydrogens (tertiary/aromatic N) is 3. The number of methoxy groups -OCH3 is 1. The van der Waals surface area contributed by atoms with E-state index < -0.39 is 5.82 Å². The summed E-state index contributed by atoms with van der Waals surface area (Å²) in [5.41, 5.74) is 3.69. The van der Waals surface area contributed by atoms with E-state index in [1.165, 1.54) is 13.2 Å². The van der Waals surface area contributed by atoms with Crippen LogP contribution in [0.1, 0.15) is 57.7 Å². The Labute approximate surface area is 255 Å². The number of esters is 1. The third kappa shape index (κ3) is 5.67. The first-order chi connectivity index (χ1) is 21.4. The number of aryl methyl sites for hydroxylation is 1. The SMILES string of the molecule is CCOc1cccc(-n2cc(C(=O)N3CCC(c4cc(C(=O)OC)c5ccccc5c4)CC3)nc2-c2ccc(C)cc2F)c1. The van der Waals surface area contributed by atoms with E-state index in [9.17, 15) is 9.59 Å². The fourth-order valence-corrected chi connectivity index (χ4v) is 5.99. The van der Waals surface area contributed by atoms with Crippen molar-refractivity contribution in [2.45, 2.75) is 32.6 Å². The lowest BCUT2D eigenvalue weighted by Gasteiger charge is -2.32. The molecule has 0 bridgehead atoms. The number of benzene rings is 4. The van der Waals surface area contributed by atoms with Crippen molar-refractivity contribution < 1.29 is 23.5 Å². The van der Waals surface area contributed by atoms with Crippen LogP contribution in [0, 0.1) is 12.7 Å². The predicted octanol–water partition coefficient (Wildman–Crippen LogP) is 7.35. The second kappa shape index (κ2) is 12.3. The largest absolute Gasteiger partial charge is 0.494 e. The Morgan fingerprint density at radius 1 is 0.977 bits per heavy atom. The maximum Gasteiger partial charge on any atom is 0.338 e. The Bertz CT molecular complexity index is 1860. The van der Waals surface area contributed by atoms with Gasteiger partial charge in [0.2, 0.25) is 0 Å². The van der Waals surface area contributed by atoms with Gasteiger partial charge in [-0.3, -0.25) is 9.36 Å². The molecule has 6 rings (SSSR count). The second-order valence-electron chi connectivity index (χ2n) is 11.1. The Kier molecular flexibility index (Phi) is 8.15. The second-order valence-corrected chi connectivity index (χ2v) is 11.1. The van der Waals surface area contributed by atoms with Crippen LogP contribution in [0.25, 0.3) is 27.8 Å². The number of hydrogen-bond donors (Lipinski definition) is 0. The number of rotatable bonds is 7. The van der Waals surface area contributed by atoms with E-state index in [1.807, 2.05) is 74.5 Å². The Morgan fingerprint density at radius 2 is 1.77 bits per heavy atom. The summed E-state index contributed by atoms with van der Waals surface area (Å²) in [4.78, 5) is 32.9. The number of amides is 1. The standard InChI is InChI=1S/C36H34FN3O4/c1-4-44-28-10-7-9-27(21-28)40-22-33(38-34(40)30-13-12-23(2)18-32(30)37)35(41)39-16-14-24(15-17-39)26-19-25-8-5-6-11-29(25)31(20-26)36(42)43-3/h5-13,18-22,24H,4,14-17H2,1-3H3. The minimum Gasteiger partial charge on any atom is -0.494 e. The molecule has 0 atom stereocenters. The maximum absolute atomic E-state index is 15.2. The van der Waals surface area contributed by atoms with Crippen molar-refractivity contribution in [3.8, 4) is 22.8 Å². The topological polar surface area (TPSA) is 73.7 Å². The highest BCUT2D eigenvalue weighted by molar-refractivity contribution is 6.05. The molecule has 0 unspecified atom stereocenters. The monoisotopic (exact) mass is 591 g/mol. The lowest BCUT2D eigenvalue weighted by Crippen LogP contribution is -2.38. The van der Waals surface area contributed by atoms with Gasteiger partial charge >= 0.3 is 5.97 Å². The fourth-order valence-electron chi connectivity index (χ4n) is 5.99. The van der Waals surface area contributed by atoms with Crippen LogP contribution in [0.3, 0.4) is 0 Å². The van der Waals surface area contributed by atoms with Gasteiger partial charge in [0.1, 0.15) is 23.1 Å². The average molecular weight is 592 g/mol. The minimum absolute atomic E-state index is 0.183. The van der Waals surface area contributed by atoms with Crippen LogP contribution in [-0.2, 0) is 4.74 Å². The van der Waals surface area contributed by atoms with Crippen LogP contribution in [0.5, 0.6) is 5.75 Å². The fraction of sp³-hybridized carbons (Fsp3) is 0.250. The molecule has 0 saturated carbocycles. The molecule has 4 aromatic carbocycles. The van der Waals surface area contributed by atoms with Gasteiger partial charge in [-0.15, -0.1) is 0 Å². The zero-order valence-electron chi connectivity index (χ0n) is 25.0. The molecule has 1 fully saturated rings. The molecule has 1 aliphatic rings. The summed E-state index contributed by atoms with van der Waals surface area (Å²) >= 11 is 0. The lowest BCUT2D eigenvalue weighted by atomic mass is 9.86. The summed E-state index contributed by atoms with van der Waals surface area (Å²) in [6.07, 6.45) is 3.16. The molecule has 224 valence electrons. The number of carbonyl (C=O) groups is 2. The number of piperidine rings is 1. The molecule has 1 saturated heterocycles. The molecule has 1 aromatic heterocycles. The van der Waals surface area contributed by atoms with Crippen LogP contribution in [0.2, 0.25) is 0 Å². The Morgan fingerprint density at radius 3 is 2.52 bits per heavy atom. The maximum atomic E-state index is 15.2. The summed E-state index contributed by atoms with van der Waals surface area (Å²) in [5, 5.41) is 1.85. The molecule has 0 spiro atoms. The van der Waals surface area contributed by atoms with Crippen molar-refractivity contribution in [3.63, 3.8) is 0 Å². The number of fused-ring (bicyclic) bond motifs is 1. The number of aromatic nitrogens is 2. The van der Waals surface area contributed by atoms with Gasteiger partial charge in [0.05, 0.1) is 30.5 Å². The number of imidazole rings is 1. The summed E-state index contributed by atoms with van der Waals surface area (Å²) in [7, 11) is 1.39. The van der Waals surface area contributed by atoms with Crippen LogP contribution >= 0.6 is 0 Å². The van der Waals surface area contributed by atoms with Crippen molar-refractivity contribution in [3.05, 3.63) is 113 Å². The van der Waals surface area contributed by atoms with Gasteiger partial charge in [-0.25, -0.2) is 14.2 Å². The molecule has 1 amide bonds. The third-order valence-electron chi connectivity index (χ3n) is 8.24. The van der Waals surface area contributed by atoms with Crippen molar-refractivity contribution in [2.75, 3.05) is 26.8 Å². The van der Waals surface area contributed by atoms with Gasteiger partial charge in [0.25, 0.3) is 5.91 Å². The van der Waals surface area contributed by atoms with Gasteiger partial charge in [0, 0.05) is 25.4 Å². The first kappa shape index (κ1) is 29.1. The predicted molar refractivity (Wildman–Crippen MR) is 168 cm³/mol. The first-order valence-corrected chi connectivity index (χ1v) is 14.9. The van der Waals surface area contributed by atoms with Crippen LogP contribution in [0.15, 0.2) is 85.1 Å². The quantitative estimate of drug-likeness (QED) is 0.185. The van der Waals surface area contributed by atoms with E-state index >= 15 is 4.39 Å². The number of likely N-dealkylation sites (tertiary alicyclic amines) is 1. The lowest BCUT2D eigenvalue weighted by molar-refractivity contribution is 0.0602. The van der Waals surface area contributed by atoms with E-state index in [-0.39, 0.29) is 23.5 Å². The molecule has 5 aromatic rings. The van der Waals surface area contributed by atoms with E-state index in [1.54, 1.807) is 21.7 Å². The van der Waals surface area contributed by atoms with Gasteiger partial charge in [0.15, 0.2) is 0 Å².